The monoisotopic (exact) mass is 342 g/mol. The van der Waals surface area contributed by atoms with Gasteiger partial charge in [0, 0.05) is 28.3 Å². The van der Waals surface area contributed by atoms with E-state index in [1.165, 1.54) is 17.4 Å². The molecule has 0 saturated carbocycles. The van der Waals surface area contributed by atoms with Crippen LogP contribution in [0, 0.1) is 0 Å². The van der Waals surface area contributed by atoms with Crippen molar-refractivity contribution in [1.82, 2.24) is 5.32 Å². The van der Waals surface area contributed by atoms with Gasteiger partial charge in [0.1, 0.15) is 5.84 Å². The molecule has 1 aromatic heterocycles. The molecule has 1 N–H and O–H groups in total. The highest BCUT2D eigenvalue weighted by atomic mass is 32.2. The van der Waals surface area contributed by atoms with Crippen molar-refractivity contribution in [2.45, 2.75) is 16.8 Å². The van der Waals surface area contributed by atoms with Gasteiger partial charge in [0.05, 0.1) is 6.54 Å². The van der Waals surface area contributed by atoms with Crippen molar-refractivity contribution in [1.29, 1.82) is 0 Å². The van der Waals surface area contributed by atoms with Crippen molar-refractivity contribution in [3.63, 3.8) is 0 Å². The summed E-state index contributed by atoms with van der Waals surface area (Å²) >= 11 is 1.39. The van der Waals surface area contributed by atoms with Crippen LogP contribution in [-0.4, -0.2) is 24.4 Å². The van der Waals surface area contributed by atoms with E-state index < -0.39 is 5.51 Å². The third kappa shape index (κ3) is 3.64. The van der Waals surface area contributed by atoms with E-state index in [0.29, 0.717) is 12.0 Å². The van der Waals surface area contributed by atoms with Crippen LogP contribution in [0.3, 0.4) is 0 Å². The molecule has 2 heterocycles. The fourth-order valence-electron chi connectivity index (χ4n) is 2.38. The summed E-state index contributed by atoms with van der Waals surface area (Å²) in [4.78, 5) is 5.43. The summed E-state index contributed by atoms with van der Waals surface area (Å²) in [6, 6.07) is 8.78. The molecule has 2 aromatic rings. The average Bonchev–Trinajstić information content (AvgIpc) is 3.10. The standard InChI is InChI=1S/C15H13F3N2S2/c16-15(17,18)22-12-4-1-3-10(9-13-19-6-7-20-13)14(12)11-5-2-8-21-11/h1-5,8H,6-7,9H2,(H,19,20). The van der Waals surface area contributed by atoms with Crippen LogP contribution in [-0.2, 0) is 6.42 Å². The molecule has 0 aliphatic carbocycles. The first-order valence-corrected chi connectivity index (χ1v) is 8.41. The van der Waals surface area contributed by atoms with Crippen LogP contribution < -0.4 is 5.32 Å². The van der Waals surface area contributed by atoms with Crippen LogP contribution >= 0.6 is 23.1 Å². The third-order valence-electron chi connectivity index (χ3n) is 3.21. The molecule has 0 radical (unpaired) electrons. The third-order valence-corrected chi connectivity index (χ3v) is 4.89. The second kappa shape index (κ2) is 6.34. The van der Waals surface area contributed by atoms with Crippen LogP contribution in [0.4, 0.5) is 13.2 Å². The predicted octanol–water partition coefficient (Wildman–Crippen LogP) is 4.57. The fraction of sp³-hybridized carbons (Fsp3) is 0.267. The van der Waals surface area contributed by atoms with Crippen molar-refractivity contribution < 1.29 is 13.2 Å². The fourth-order valence-corrected chi connectivity index (χ4v) is 4.00. The van der Waals surface area contributed by atoms with E-state index >= 15 is 0 Å². The number of benzene rings is 1. The van der Waals surface area contributed by atoms with Crippen LogP contribution in [0.1, 0.15) is 5.56 Å². The van der Waals surface area contributed by atoms with Gasteiger partial charge in [-0.2, -0.15) is 13.2 Å². The Hall–Kier alpha value is -1.47. The van der Waals surface area contributed by atoms with E-state index in [9.17, 15) is 13.2 Å². The molecule has 0 saturated heterocycles. The molecule has 0 amide bonds. The van der Waals surface area contributed by atoms with Gasteiger partial charge in [0.15, 0.2) is 0 Å². The van der Waals surface area contributed by atoms with Crippen molar-refractivity contribution in [2.24, 2.45) is 4.99 Å². The van der Waals surface area contributed by atoms with Crippen molar-refractivity contribution in [3.05, 3.63) is 41.3 Å². The van der Waals surface area contributed by atoms with Gasteiger partial charge in [0.2, 0.25) is 0 Å². The van der Waals surface area contributed by atoms with Gasteiger partial charge < -0.3 is 5.32 Å². The average molecular weight is 342 g/mol. The topological polar surface area (TPSA) is 24.4 Å². The summed E-state index contributed by atoms with van der Waals surface area (Å²) in [6.45, 7) is 1.52. The molecule has 1 aromatic carbocycles. The Bertz CT molecular complexity index is 679. The highest BCUT2D eigenvalue weighted by molar-refractivity contribution is 8.00. The number of aliphatic imine (C=N–C) groups is 1. The van der Waals surface area contributed by atoms with Gasteiger partial charge in [-0.3, -0.25) is 4.99 Å². The number of nitrogens with zero attached hydrogens (tertiary/aromatic N) is 1. The Morgan fingerprint density at radius 3 is 2.73 bits per heavy atom. The molecule has 1 aliphatic rings. The number of halogens is 3. The number of hydrogen-bond donors (Lipinski definition) is 1. The smallest absolute Gasteiger partial charge is 0.372 e. The molecule has 0 bridgehead atoms. The summed E-state index contributed by atoms with van der Waals surface area (Å²) in [7, 11) is 0. The van der Waals surface area contributed by atoms with Crippen molar-refractivity contribution in [3.8, 4) is 10.4 Å². The van der Waals surface area contributed by atoms with Gasteiger partial charge in [-0.1, -0.05) is 18.2 Å². The second-order valence-corrected chi connectivity index (χ2v) is 6.80. The zero-order valence-electron chi connectivity index (χ0n) is 11.5. The van der Waals surface area contributed by atoms with E-state index in [1.54, 1.807) is 6.07 Å². The molecule has 3 rings (SSSR count). The minimum atomic E-state index is -4.30. The first kappa shape index (κ1) is 15.4. The van der Waals surface area contributed by atoms with Gasteiger partial charge in [-0.15, -0.1) is 11.3 Å². The summed E-state index contributed by atoms with van der Waals surface area (Å²) in [5.41, 5.74) is -2.77. The Balaban J connectivity index is 2.03. The normalized spacial score (nSPS) is 14.8. The lowest BCUT2D eigenvalue weighted by atomic mass is 10.0. The van der Waals surface area contributed by atoms with Crippen molar-refractivity contribution >= 4 is 28.9 Å². The molecule has 0 unspecified atom stereocenters. The van der Waals surface area contributed by atoms with E-state index in [4.69, 9.17) is 0 Å². The Labute approximate surface area is 134 Å². The lowest BCUT2D eigenvalue weighted by Gasteiger charge is -2.15. The zero-order valence-corrected chi connectivity index (χ0v) is 13.1. The number of alkyl halides is 3. The number of amidine groups is 1. The summed E-state index contributed by atoms with van der Waals surface area (Å²) < 4.78 is 38.5. The molecule has 1 aliphatic heterocycles. The van der Waals surface area contributed by atoms with E-state index in [1.807, 2.05) is 23.6 Å². The SMILES string of the molecule is FC(F)(F)Sc1cccc(CC2=NCCN2)c1-c1cccs1. The Morgan fingerprint density at radius 1 is 1.23 bits per heavy atom. The molecule has 0 spiro atoms. The maximum absolute atomic E-state index is 12.8. The molecule has 0 atom stereocenters. The maximum Gasteiger partial charge on any atom is 0.446 e. The maximum atomic E-state index is 12.8. The number of hydrogen-bond acceptors (Lipinski definition) is 4. The number of nitrogens with one attached hydrogen (secondary N) is 1. The first-order valence-electron chi connectivity index (χ1n) is 6.71. The lowest BCUT2D eigenvalue weighted by Crippen LogP contribution is -2.20. The van der Waals surface area contributed by atoms with Gasteiger partial charge >= 0.3 is 5.51 Å². The van der Waals surface area contributed by atoms with E-state index in [-0.39, 0.29) is 16.7 Å². The van der Waals surface area contributed by atoms with Crippen LogP contribution in [0.25, 0.3) is 10.4 Å². The summed E-state index contributed by atoms with van der Waals surface area (Å²) in [5.74, 6) is 0.840. The van der Waals surface area contributed by atoms with Crippen LogP contribution in [0.5, 0.6) is 0 Å². The van der Waals surface area contributed by atoms with Gasteiger partial charge in [0.25, 0.3) is 0 Å². The lowest BCUT2D eigenvalue weighted by molar-refractivity contribution is -0.0327. The second-order valence-electron chi connectivity index (χ2n) is 4.75. The first-order chi connectivity index (χ1) is 10.5. The van der Waals surface area contributed by atoms with Crippen LogP contribution in [0.15, 0.2) is 45.6 Å². The molecule has 2 nitrogen and oxygen atoms in total. The highest BCUT2D eigenvalue weighted by Crippen LogP contribution is 2.44. The number of rotatable bonds is 4. The number of thioether (sulfide) groups is 1. The summed E-state index contributed by atoms with van der Waals surface area (Å²) in [5, 5.41) is 5.04. The largest absolute Gasteiger partial charge is 0.446 e. The van der Waals surface area contributed by atoms with E-state index in [2.05, 4.69) is 10.3 Å². The predicted molar refractivity (Wildman–Crippen MR) is 85.7 cm³/mol. The summed E-state index contributed by atoms with van der Waals surface area (Å²) in [6.07, 6.45) is 0.527. The molecule has 116 valence electrons. The molecule has 22 heavy (non-hydrogen) atoms. The minimum absolute atomic E-state index is 0.0559. The number of thiophene rings is 1. The molecular formula is C15H13F3N2S2. The van der Waals surface area contributed by atoms with E-state index in [0.717, 1.165) is 29.4 Å². The van der Waals surface area contributed by atoms with Gasteiger partial charge in [-0.25, -0.2) is 0 Å². The van der Waals surface area contributed by atoms with Gasteiger partial charge in [-0.05, 0) is 34.8 Å². The molecule has 7 heteroatoms. The zero-order chi connectivity index (χ0) is 15.6. The highest BCUT2D eigenvalue weighted by Gasteiger charge is 2.31. The molecular weight excluding hydrogens is 329 g/mol. The minimum Gasteiger partial charge on any atom is -0.372 e. The Kier molecular flexibility index (Phi) is 4.44. The molecule has 0 fully saturated rings. The Morgan fingerprint density at radius 2 is 2.09 bits per heavy atom. The van der Waals surface area contributed by atoms with Crippen LogP contribution in [0.2, 0.25) is 0 Å². The quantitative estimate of drug-likeness (QED) is 0.823. The van der Waals surface area contributed by atoms with Crippen molar-refractivity contribution in [2.75, 3.05) is 13.1 Å².